The van der Waals surface area contributed by atoms with Crippen LogP contribution in [0.5, 0.6) is 0 Å². The topological polar surface area (TPSA) is 99.5 Å². The highest BCUT2D eigenvalue weighted by atomic mass is 32.2. The molecular weight excluding hydrogens is 424 g/mol. The molecule has 3 heterocycles. The average Bonchev–Trinajstić information content (AvgIpc) is 3.34. The molecule has 0 unspecified atom stereocenters. The van der Waals surface area contributed by atoms with Gasteiger partial charge in [-0.2, -0.15) is 4.31 Å². The molecule has 1 fully saturated rings. The standard InChI is InChI=1S/C20H20N4O4S2/c1-2-13-3-5-16-18(11-13)29-19(21-16)23-7-9-24(10-8-23)30(26,27)14-4-6-15-17(12-14)28-20(25)22-15/h3-6,11-12H,2,7-10H2,1H3,(H,22,25). The van der Waals surface area contributed by atoms with Gasteiger partial charge in [0, 0.05) is 32.2 Å². The smallest absolute Gasteiger partial charge is 0.408 e. The molecular formula is C20H20N4O4S2. The second-order valence-electron chi connectivity index (χ2n) is 7.22. The van der Waals surface area contributed by atoms with Gasteiger partial charge in [0.15, 0.2) is 10.7 Å². The maximum absolute atomic E-state index is 13.1. The van der Waals surface area contributed by atoms with Crippen molar-refractivity contribution in [1.29, 1.82) is 0 Å². The molecule has 1 aliphatic heterocycles. The number of piperazine rings is 1. The number of rotatable bonds is 4. The van der Waals surface area contributed by atoms with Gasteiger partial charge in [0.25, 0.3) is 0 Å². The van der Waals surface area contributed by atoms with E-state index in [-0.39, 0.29) is 10.5 Å². The summed E-state index contributed by atoms with van der Waals surface area (Å²) >= 11 is 1.64. The molecule has 30 heavy (non-hydrogen) atoms. The molecule has 1 aliphatic rings. The Morgan fingerprint density at radius 2 is 1.93 bits per heavy atom. The molecule has 0 radical (unpaired) electrons. The van der Waals surface area contributed by atoms with Crippen molar-refractivity contribution < 1.29 is 12.8 Å². The number of thiazole rings is 1. The maximum atomic E-state index is 13.1. The Morgan fingerprint density at radius 3 is 2.70 bits per heavy atom. The van der Waals surface area contributed by atoms with Crippen LogP contribution in [0.15, 0.2) is 50.5 Å². The lowest BCUT2D eigenvalue weighted by molar-refractivity contribution is 0.385. The fourth-order valence-corrected chi connectivity index (χ4v) is 6.19. The largest absolute Gasteiger partial charge is 0.417 e. The van der Waals surface area contributed by atoms with Crippen LogP contribution < -0.4 is 10.7 Å². The third-order valence-corrected chi connectivity index (χ3v) is 8.36. The van der Waals surface area contributed by atoms with Crippen molar-refractivity contribution in [3.05, 3.63) is 52.5 Å². The summed E-state index contributed by atoms with van der Waals surface area (Å²) in [6.07, 6.45) is 0.984. The predicted octanol–water partition coefficient (Wildman–Crippen LogP) is 2.80. The fourth-order valence-electron chi connectivity index (χ4n) is 3.67. The SMILES string of the molecule is CCc1ccc2nc(N3CCN(S(=O)(=O)c4ccc5[nH]c(=O)oc5c4)CC3)sc2c1. The second kappa shape index (κ2) is 7.22. The summed E-state index contributed by atoms with van der Waals surface area (Å²) in [5, 5.41) is 0.922. The Bertz CT molecular complexity index is 1400. The number of aryl methyl sites for hydroxylation is 1. The molecule has 0 aliphatic carbocycles. The molecule has 5 rings (SSSR count). The minimum atomic E-state index is -3.67. The number of hydrogen-bond acceptors (Lipinski definition) is 7. The van der Waals surface area contributed by atoms with E-state index in [4.69, 9.17) is 9.40 Å². The molecule has 0 bridgehead atoms. The normalized spacial score (nSPS) is 16.0. The lowest BCUT2D eigenvalue weighted by atomic mass is 10.2. The van der Waals surface area contributed by atoms with Gasteiger partial charge in [-0.05, 0) is 36.2 Å². The molecule has 1 saturated heterocycles. The van der Waals surface area contributed by atoms with Gasteiger partial charge in [-0.3, -0.25) is 4.98 Å². The van der Waals surface area contributed by atoms with Crippen LogP contribution in [-0.4, -0.2) is 48.9 Å². The van der Waals surface area contributed by atoms with Gasteiger partial charge in [0.1, 0.15) is 0 Å². The molecule has 10 heteroatoms. The monoisotopic (exact) mass is 444 g/mol. The van der Waals surface area contributed by atoms with Gasteiger partial charge in [-0.15, -0.1) is 0 Å². The number of H-pyrrole nitrogens is 1. The van der Waals surface area contributed by atoms with Crippen molar-refractivity contribution in [3.63, 3.8) is 0 Å². The third kappa shape index (κ3) is 3.30. The number of anilines is 1. The summed E-state index contributed by atoms with van der Waals surface area (Å²) in [4.78, 5) is 20.8. The highest BCUT2D eigenvalue weighted by Gasteiger charge is 2.30. The van der Waals surface area contributed by atoms with Crippen molar-refractivity contribution >= 4 is 47.8 Å². The molecule has 4 aromatic rings. The number of hydrogen-bond donors (Lipinski definition) is 1. The Morgan fingerprint density at radius 1 is 1.13 bits per heavy atom. The van der Waals surface area contributed by atoms with Gasteiger partial charge in [-0.25, -0.2) is 18.2 Å². The first-order chi connectivity index (χ1) is 14.4. The van der Waals surface area contributed by atoms with E-state index >= 15 is 0 Å². The third-order valence-electron chi connectivity index (χ3n) is 5.39. The molecule has 2 aromatic heterocycles. The van der Waals surface area contributed by atoms with E-state index in [0.29, 0.717) is 31.7 Å². The van der Waals surface area contributed by atoms with Gasteiger partial charge >= 0.3 is 5.76 Å². The summed E-state index contributed by atoms with van der Waals surface area (Å²) in [6, 6.07) is 10.8. The first kappa shape index (κ1) is 19.3. The predicted molar refractivity (Wildman–Crippen MR) is 117 cm³/mol. The van der Waals surface area contributed by atoms with E-state index in [0.717, 1.165) is 21.8 Å². The summed E-state index contributed by atoms with van der Waals surface area (Å²) in [7, 11) is -3.67. The minimum Gasteiger partial charge on any atom is -0.408 e. The van der Waals surface area contributed by atoms with Gasteiger partial charge in [0.2, 0.25) is 10.0 Å². The number of nitrogens with zero attached hydrogens (tertiary/aromatic N) is 3. The Balaban J connectivity index is 1.34. The summed E-state index contributed by atoms with van der Waals surface area (Å²) in [5.74, 6) is -0.602. The van der Waals surface area contributed by atoms with Gasteiger partial charge in [0.05, 0.1) is 20.6 Å². The number of oxazole rings is 1. The highest BCUT2D eigenvalue weighted by Crippen LogP contribution is 2.31. The zero-order valence-electron chi connectivity index (χ0n) is 16.3. The van der Waals surface area contributed by atoms with E-state index in [9.17, 15) is 13.2 Å². The van der Waals surface area contributed by atoms with Gasteiger partial charge in [-0.1, -0.05) is 24.3 Å². The van der Waals surface area contributed by atoms with Crippen molar-refractivity contribution in [1.82, 2.24) is 14.3 Å². The minimum absolute atomic E-state index is 0.123. The first-order valence-electron chi connectivity index (χ1n) is 9.71. The summed E-state index contributed by atoms with van der Waals surface area (Å²) in [5.41, 5.74) is 2.97. The van der Waals surface area contributed by atoms with E-state index in [2.05, 4.69) is 28.9 Å². The van der Waals surface area contributed by atoms with Crippen LogP contribution >= 0.6 is 11.3 Å². The zero-order chi connectivity index (χ0) is 20.9. The van der Waals surface area contributed by atoms with E-state index in [1.54, 1.807) is 17.4 Å². The number of aromatic amines is 1. The molecule has 0 atom stereocenters. The second-order valence-corrected chi connectivity index (χ2v) is 10.2. The number of benzene rings is 2. The summed E-state index contributed by atoms with van der Waals surface area (Å²) < 4.78 is 33.7. The van der Waals surface area contributed by atoms with Crippen molar-refractivity contribution in [3.8, 4) is 0 Å². The Hall–Kier alpha value is -2.69. The molecule has 8 nitrogen and oxygen atoms in total. The maximum Gasteiger partial charge on any atom is 0.417 e. The lowest BCUT2D eigenvalue weighted by Gasteiger charge is -2.33. The highest BCUT2D eigenvalue weighted by molar-refractivity contribution is 7.89. The van der Waals surface area contributed by atoms with Crippen LogP contribution in [0.4, 0.5) is 5.13 Å². The molecule has 0 saturated carbocycles. The molecule has 2 aromatic carbocycles. The lowest BCUT2D eigenvalue weighted by Crippen LogP contribution is -2.48. The molecule has 156 valence electrons. The van der Waals surface area contributed by atoms with E-state index in [1.165, 1.54) is 22.0 Å². The van der Waals surface area contributed by atoms with Crippen molar-refractivity contribution in [2.24, 2.45) is 0 Å². The molecule has 0 spiro atoms. The Labute approximate surface area is 176 Å². The van der Waals surface area contributed by atoms with Crippen LogP contribution in [0, 0.1) is 0 Å². The van der Waals surface area contributed by atoms with Crippen molar-refractivity contribution in [2.45, 2.75) is 18.2 Å². The number of aromatic nitrogens is 2. The molecule has 1 N–H and O–H groups in total. The Kier molecular flexibility index (Phi) is 4.64. The number of nitrogens with one attached hydrogen (secondary N) is 1. The van der Waals surface area contributed by atoms with E-state index in [1.807, 2.05) is 6.07 Å². The van der Waals surface area contributed by atoms with Crippen LogP contribution in [0.1, 0.15) is 12.5 Å². The number of sulfonamides is 1. The van der Waals surface area contributed by atoms with Crippen LogP contribution in [-0.2, 0) is 16.4 Å². The van der Waals surface area contributed by atoms with Crippen LogP contribution in [0.2, 0.25) is 0 Å². The fraction of sp³-hybridized carbons (Fsp3) is 0.300. The molecule has 0 amide bonds. The van der Waals surface area contributed by atoms with Crippen LogP contribution in [0.3, 0.4) is 0 Å². The number of fused-ring (bicyclic) bond motifs is 2. The van der Waals surface area contributed by atoms with E-state index < -0.39 is 15.8 Å². The zero-order valence-corrected chi connectivity index (χ0v) is 17.9. The van der Waals surface area contributed by atoms with Crippen LogP contribution in [0.25, 0.3) is 21.3 Å². The average molecular weight is 445 g/mol. The first-order valence-corrected chi connectivity index (χ1v) is 12.0. The summed E-state index contributed by atoms with van der Waals surface area (Å²) in [6.45, 7) is 4.01. The van der Waals surface area contributed by atoms with Gasteiger partial charge < -0.3 is 9.32 Å². The quantitative estimate of drug-likeness (QED) is 0.520. The van der Waals surface area contributed by atoms with Crippen molar-refractivity contribution in [2.75, 3.05) is 31.1 Å².